The molecule has 0 unspecified atom stereocenters. The summed E-state index contributed by atoms with van der Waals surface area (Å²) in [5.74, 6) is 1.12. The van der Waals surface area contributed by atoms with Gasteiger partial charge < -0.3 is 10.0 Å². The van der Waals surface area contributed by atoms with Gasteiger partial charge in [-0.05, 0) is 49.7 Å². The molecule has 0 spiro atoms. The van der Waals surface area contributed by atoms with Crippen LogP contribution >= 0.6 is 12.6 Å². The standard InChI is InChI=1S/C13H23NO2S/c15-8-2-7-14(11-3-1-4-11)12(16)9-13(10-17)5-6-13/h11,15,17H,1-10H2. The van der Waals surface area contributed by atoms with E-state index in [9.17, 15) is 4.79 Å². The zero-order chi connectivity index (χ0) is 12.3. The number of nitrogens with zero attached hydrogens (tertiary/aromatic N) is 1. The average Bonchev–Trinajstić information content (AvgIpc) is 3.01. The van der Waals surface area contributed by atoms with E-state index in [1.807, 2.05) is 4.90 Å². The summed E-state index contributed by atoms with van der Waals surface area (Å²) in [6.45, 7) is 0.900. The Labute approximate surface area is 109 Å². The van der Waals surface area contributed by atoms with Gasteiger partial charge in [-0.2, -0.15) is 12.6 Å². The Morgan fingerprint density at radius 3 is 2.53 bits per heavy atom. The van der Waals surface area contributed by atoms with E-state index in [1.165, 1.54) is 6.42 Å². The molecule has 0 bridgehead atoms. The van der Waals surface area contributed by atoms with Crippen molar-refractivity contribution in [3.05, 3.63) is 0 Å². The van der Waals surface area contributed by atoms with Crippen LogP contribution in [0.5, 0.6) is 0 Å². The van der Waals surface area contributed by atoms with Crippen LogP contribution in [0.2, 0.25) is 0 Å². The molecule has 98 valence electrons. The van der Waals surface area contributed by atoms with Gasteiger partial charge in [0.2, 0.25) is 5.91 Å². The molecule has 0 atom stereocenters. The third-order valence-electron chi connectivity index (χ3n) is 4.21. The first-order valence-electron chi connectivity index (χ1n) is 6.72. The van der Waals surface area contributed by atoms with Crippen LogP contribution in [-0.4, -0.2) is 40.9 Å². The summed E-state index contributed by atoms with van der Waals surface area (Å²) in [6.07, 6.45) is 7.21. The van der Waals surface area contributed by atoms with E-state index in [0.717, 1.165) is 38.0 Å². The van der Waals surface area contributed by atoms with Crippen molar-refractivity contribution in [1.82, 2.24) is 4.90 Å². The molecule has 0 aromatic heterocycles. The molecule has 2 rings (SSSR count). The first kappa shape index (κ1) is 13.2. The van der Waals surface area contributed by atoms with Gasteiger partial charge in [-0.3, -0.25) is 4.79 Å². The van der Waals surface area contributed by atoms with Crippen LogP contribution in [0.15, 0.2) is 0 Å². The van der Waals surface area contributed by atoms with Gasteiger partial charge in [0, 0.05) is 25.6 Å². The Kier molecular flexibility index (Phi) is 4.36. The molecule has 2 fully saturated rings. The van der Waals surface area contributed by atoms with Gasteiger partial charge in [0.25, 0.3) is 0 Å². The first-order chi connectivity index (χ1) is 8.21. The predicted molar refractivity (Wildman–Crippen MR) is 71.2 cm³/mol. The number of carbonyl (C=O) groups excluding carboxylic acids is 1. The normalized spacial score (nSPS) is 22.0. The van der Waals surface area contributed by atoms with Crippen LogP contribution in [0, 0.1) is 5.41 Å². The fourth-order valence-electron chi connectivity index (χ4n) is 2.44. The number of hydrogen-bond donors (Lipinski definition) is 2. The summed E-state index contributed by atoms with van der Waals surface area (Å²) in [5, 5.41) is 8.91. The first-order valence-corrected chi connectivity index (χ1v) is 7.35. The highest BCUT2D eigenvalue weighted by Gasteiger charge is 2.44. The molecule has 0 aromatic rings. The number of aliphatic hydroxyl groups is 1. The Bertz CT molecular complexity index is 275. The second-order valence-electron chi connectivity index (χ2n) is 5.58. The van der Waals surface area contributed by atoms with E-state index in [1.54, 1.807) is 0 Å². The summed E-state index contributed by atoms with van der Waals surface area (Å²) in [5.41, 5.74) is 0.210. The number of hydrogen-bond acceptors (Lipinski definition) is 3. The van der Waals surface area contributed by atoms with Crippen molar-refractivity contribution in [2.75, 3.05) is 18.9 Å². The van der Waals surface area contributed by atoms with Gasteiger partial charge in [-0.25, -0.2) is 0 Å². The maximum absolute atomic E-state index is 12.3. The maximum Gasteiger partial charge on any atom is 0.223 e. The molecule has 0 radical (unpaired) electrons. The fraction of sp³-hybridized carbons (Fsp3) is 0.923. The largest absolute Gasteiger partial charge is 0.396 e. The topological polar surface area (TPSA) is 40.5 Å². The molecule has 1 amide bonds. The minimum absolute atomic E-state index is 0.175. The minimum atomic E-state index is 0.175. The summed E-state index contributed by atoms with van der Waals surface area (Å²) in [6, 6.07) is 0.449. The second-order valence-corrected chi connectivity index (χ2v) is 5.90. The van der Waals surface area contributed by atoms with E-state index in [-0.39, 0.29) is 17.9 Å². The average molecular weight is 257 g/mol. The van der Waals surface area contributed by atoms with Crippen molar-refractivity contribution >= 4 is 18.5 Å². The quantitative estimate of drug-likeness (QED) is 0.683. The van der Waals surface area contributed by atoms with Crippen LogP contribution in [0.1, 0.15) is 44.9 Å². The van der Waals surface area contributed by atoms with E-state index in [0.29, 0.717) is 18.9 Å². The Morgan fingerprint density at radius 2 is 2.12 bits per heavy atom. The summed E-state index contributed by atoms with van der Waals surface area (Å²) < 4.78 is 0. The molecule has 0 aromatic carbocycles. The summed E-state index contributed by atoms with van der Waals surface area (Å²) in [7, 11) is 0. The van der Waals surface area contributed by atoms with Crippen LogP contribution < -0.4 is 0 Å². The molecule has 0 saturated heterocycles. The fourth-order valence-corrected chi connectivity index (χ4v) is 2.87. The van der Waals surface area contributed by atoms with Gasteiger partial charge in [0.15, 0.2) is 0 Å². The van der Waals surface area contributed by atoms with Crippen molar-refractivity contribution in [2.45, 2.75) is 51.0 Å². The molecule has 0 aliphatic heterocycles. The molecule has 2 saturated carbocycles. The monoisotopic (exact) mass is 257 g/mol. The lowest BCUT2D eigenvalue weighted by atomic mass is 9.90. The molecular formula is C13H23NO2S. The summed E-state index contributed by atoms with van der Waals surface area (Å²) in [4.78, 5) is 14.3. The number of thiol groups is 1. The lowest BCUT2D eigenvalue weighted by Crippen LogP contribution is -2.45. The number of carbonyl (C=O) groups is 1. The zero-order valence-corrected chi connectivity index (χ0v) is 11.3. The van der Waals surface area contributed by atoms with Crippen molar-refractivity contribution in [1.29, 1.82) is 0 Å². The molecule has 3 nitrogen and oxygen atoms in total. The second kappa shape index (κ2) is 5.61. The predicted octanol–water partition coefficient (Wildman–Crippen LogP) is 1.85. The van der Waals surface area contributed by atoms with E-state index >= 15 is 0 Å². The SMILES string of the molecule is O=C(CC1(CS)CC1)N(CCCO)C1CCC1. The number of rotatable bonds is 7. The minimum Gasteiger partial charge on any atom is -0.396 e. The van der Waals surface area contributed by atoms with Crippen LogP contribution in [0.25, 0.3) is 0 Å². The molecule has 1 N–H and O–H groups in total. The Balaban J connectivity index is 1.87. The van der Waals surface area contributed by atoms with Crippen molar-refractivity contribution in [2.24, 2.45) is 5.41 Å². The highest BCUT2D eigenvalue weighted by atomic mass is 32.1. The van der Waals surface area contributed by atoms with Crippen molar-refractivity contribution in [3.8, 4) is 0 Å². The molecule has 2 aliphatic rings. The van der Waals surface area contributed by atoms with Crippen LogP contribution in [0.3, 0.4) is 0 Å². The maximum atomic E-state index is 12.3. The molecule has 4 heteroatoms. The van der Waals surface area contributed by atoms with E-state index in [2.05, 4.69) is 12.6 Å². The molecule has 0 heterocycles. The van der Waals surface area contributed by atoms with Gasteiger partial charge in [-0.15, -0.1) is 0 Å². The molecule has 17 heavy (non-hydrogen) atoms. The zero-order valence-electron chi connectivity index (χ0n) is 10.4. The van der Waals surface area contributed by atoms with Crippen molar-refractivity contribution in [3.63, 3.8) is 0 Å². The highest BCUT2D eigenvalue weighted by molar-refractivity contribution is 7.80. The Morgan fingerprint density at radius 1 is 1.41 bits per heavy atom. The van der Waals surface area contributed by atoms with E-state index in [4.69, 9.17) is 5.11 Å². The number of aliphatic hydroxyl groups excluding tert-OH is 1. The summed E-state index contributed by atoms with van der Waals surface area (Å²) >= 11 is 4.36. The highest BCUT2D eigenvalue weighted by Crippen LogP contribution is 2.50. The molecule has 2 aliphatic carbocycles. The van der Waals surface area contributed by atoms with Gasteiger partial charge in [0.1, 0.15) is 0 Å². The third kappa shape index (κ3) is 3.16. The van der Waals surface area contributed by atoms with Crippen molar-refractivity contribution < 1.29 is 9.90 Å². The Hall–Kier alpha value is -0.220. The lowest BCUT2D eigenvalue weighted by molar-refractivity contribution is -0.136. The van der Waals surface area contributed by atoms with E-state index < -0.39 is 0 Å². The van der Waals surface area contributed by atoms with Crippen LogP contribution in [0.4, 0.5) is 0 Å². The smallest absolute Gasteiger partial charge is 0.223 e. The van der Waals surface area contributed by atoms with Gasteiger partial charge in [-0.1, -0.05) is 0 Å². The lowest BCUT2D eigenvalue weighted by Gasteiger charge is -2.38. The van der Waals surface area contributed by atoms with Gasteiger partial charge >= 0.3 is 0 Å². The number of amides is 1. The third-order valence-corrected chi connectivity index (χ3v) is 4.88. The van der Waals surface area contributed by atoms with Gasteiger partial charge in [0.05, 0.1) is 0 Å². The molecular weight excluding hydrogens is 234 g/mol. The van der Waals surface area contributed by atoms with Crippen LogP contribution in [-0.2, 0) is 4.79 Å².